The van der Waals surface area contributed by atoms with E-state index in [0.29, 0.717) is 0 Å². The molecule has 0 atom stereocenters. The first-order valence-electron chi connectivity index (χ1n) is 6.51. The molecule has 0 unspecified atom stereocenters. The van der Waals surface area contributed by atoms with Crippen LogP contribution in [0.15, 0.2) is 0 Å². The topological polar surface area (TPSA) is 164 Å². The minimum atomic E-state index is 0.750. The Labute approximate surface area is 130 Å². The lowest BCUT2D eigenvalue weighted by Crippen LogP contribution is -2.16. The third-order valence-electron chi connectivity index (χ3n) is 3.00. The fourth-order valence-electron chi connectivity index (χ4n) is 1.95. The Hall–Kier alpha value is -2.48. The van der Waals surface area contributed by atoms with Gasteiger partial charge in [-0.25, -0.2) is 40.8 Å². The number of nitrogens with one attached hydrogen (secondary N) is 4. The maximum atomic E-state index is 8.35. The summed E-state index contributed by atoms with van der Waals surface area (Å²) in [4.78, 5) is 33.4. The maximum absolute atomic E-state index is 8.35. The van der Waals surface area contributed by atoms with Gasteiger partial charge in [-0.05, 0) is 30.6 Å². The van der Waals surface area contributed by atoms with Crippen molar-refractivity contribution < 1.29 is 19.2 Å². The van der Waals surface area contributed by atoms with Crippen LogP contribution in [0.5, 0.6) is 0 Å². The van der Waals surface area contributed by atoms with Crippen LogP contribution in [0.25, 0.3) is 0 Å². The second-order valence-corrected chi connectivity index (χ2v) is 4.67. The second kappa shape index (κ2) is 27.0. The van der Waals surface area contributed by atoms with Gasteiger partial charge in [0.1, 0.15) is 0 Å². The van der Waals surface area contributed by atoms with Gasteiger partial charge in [-0.15, -0.1) is 0 Å². The minimum absolute atomic E-state index is 0.750. The molecule has 0 heterocycles. The second-order valence-electron chi connectivity index (χ2n) is 4.67. The fraction of sp³-hybridized carbons (Fsp3) is 0.714. The smallest absolute Gasteiger partial charge is 0.222 e. The van der Waals surface area contributed by atoms with Gasteiger partial charge < -0.3 is 0 Å². The highest BCUT2D eigenvalue weighted by molar-refractivity contribution is 5.26. The van der Waals surface area contributed by atoms with E-state index >= 15 is 0 Å². The van der Waals surface area contributed by atoms with Crippen molar-refractivity contribution in [2.45, 2.75) is 46.5 Å². The van der Waals surface area contributed by atoms with Crippen LogP contribution in [0.2, 0.25) is 0 Å². The Bertz CT molecular complexity index is 316. The van der Waals surface area contributed by atoms with E-state index in [9.17, 15) is 0 Å². The van der Waals surface area contributed by atoms with Gasteiger partial charge in [0, 0.05) is 0 Å². The zero-order valence-electron chi connectivity index (χ0n) is 13.2. The van der Waals surface area contributed by atoms with Crippen molar-refractivity contribution in [3.8, 4) is 0 Å². The molecule has 0 saturated heterocycles. The summed E-state index contributed by atoms with van der Waals surface area (Å²) in [6, 6.07) is 0. The normalized spacial score (nSPS) is 17.3. The molecule has 0 aromatic carbocycles. The van der Waals surface area contributed by atoms with Crippen molar-refractivity contribution in [3.63, 3.8) is 0 Å². The average molecular weight is 312 g/mol. The van der Waals surface area contributed by atoms with E-state index in [1.165, 1.54) is 25.7 Å². The first kappa shape index (κ1) is 27.8. The Morgan fingerprint density at radius 2 is 0.955 bits per heavy atom. The van der Waals surface area contributed by atoms with E-state index < -0.39 is 0 Å². The minimum Gasteiger partial charge on any atom is -0.222 e. The molecule has 124 valence electrons. The first-order chi connectivity index (χ1) is 10.4. The van der Waals surface area contributed by atoms with Gasteiger partial charge in [0.2, 0.25) is 24.3 Å². The molecule has 0 aromatic rings. The van der Waals surface area contributed by atoms with Crippen molar-refractivity contribution in [1.82, 2.24) is 0 Å². The molecule has 1 aliphatic carbocycles. The highest BCUT2D eigenvalue weighted by Gasteiger charge is 2.19. The highest BCUT2D eigenvalue weighted by atomic mass is 16.1. The van der Waals surface area contributed by atoms with Crippen LogP contribution in [0.1, 0.15) is 46.5 Å². The molecule has 22 heavy (non-hydrogen) atoms. The Morgan fingerprint density at radius 3 is 1.14 bits per heavy atom. The Kier molecular flexibility index (Phi) is 34.1. The van der Waals surface area contributed by atoms with E-state index in [1.54, 1.807) is 0 Å². The van der Waals surface area contributed by atoms with Crippen LogP contribution in [-0.2, 0) is 19.2 Å². The van der Waals surface area contributed by atoms with Crippen molar-refractivity contribution in [3.05, 3.63) is 0 Å². The number of rotatable bonds is 1. The van der Waals surface area contributed by atoms with Crippen LogP contribution in [0.3, 0.4) is 0 Å². The molecule has 0 amide bonds. The zero-order valence-corrected chi connectivity index (χ0v) is 13.2. The Morgan fingerprint density at radius 1 is 0.727 bits per heavy atom. The lowest BCUT2D eigenvalue weighted by atomic mass is 9.78. The molecule has 8 nitrogen and oxygen atoms in total. The monoisotopic (exact) mass is 312 g/mol. The molecule has 0 aliphatic heterocycles. The molecule has 1 saturated carbocycles. The summed E-state index contributed by atoms with van der Waals surface area (Å²) < 4.78 is 0. The van der Waals surface area contributed by atoms with E-state index in [-0.39, 0.29) is 0 Å². The molecular formula is C14H24N4O4. The standard InChI is InChI=1S/C10H20.4CHNO/c1-8(2)10-6-4-9(3)5-7-10;4*2-1-3/h8-10H,4-7H2,1-3H3;4*2H. The SMILES string of the molecule is CC1CCC(C(C)C)CC1.N=C=O.N=C=O.N=C=O.N=C=O. The summed E-state index contributed by atoms with van der Waals surface area (Å²) >= 11 is 0. The lowest BCUT2D eigenvalue weighted by Gasteiger charge is -2.28. The molecule has 0 spiro atoms. The molecule has 4 N–H and O–H groups in total. The highest BCUT2D eigenvalue weighted by Crippen LogP contribution is 2.32. The van der Waals surface area contributed by atoms with Crippen molar-refractivity contribution in [1.29, 1.82) is 21.6 Å². The number of hydrogen-bond acceptors (Lipinski definition) is 8. The van der Waals surface area contributed by atoms with Gasteiger partial charge in [-0.1, -0.05) is 33.6 Å². The van der Waals surface area contributed by atoms with Gasteiger partial charge in [0.15, 0.2) is 0 Å². The quantitative estimate of drug-likeness (QED) is 0.432. The third kappa shape index (κ3) is 36.0. The predicted octanol–water partition coefficient (Wildman–Crippen LogP) is 3.07. The summed E-state index contributed by atoms with van der Waals surface area (Å²) in [6.07, 6.45) is 8.92. The van der Waals surface area contributed by atoms with Crippen molar-refractivity contribution in [2.24, 2.45) is 17.8 Å². The molecule has 0 radical (unpaired) electrons. The maximum Gasteiger partial charge on any atom is 0.231 e. The molecule has 0 bridgehead atoms. The van der Waals surface area contributed by atoms with E-state index in [0.717, 1.165) is 42.1 Å². The van der Waals surface area contributed by atoms with Crippen molar-refractivity contribution >= 4 is 24.3 Å². The van der Waals surface area contributed by atoms with E-state index in [2.05, 4.69) is 20.8 Å². The van der Waals surface area contributed by atoms with Crippen molar-refractivity contribution in [2.75, 3.05) is 0 Å². The number of hydrogen-bond donors (Lipinski definition) is 4. The molecule has 1 rings (SSSR count). The molecular weight excluding hydrogens is 288 g/mol. The van der Waals surface area contributed by atoms with E-state index in [1.807, 2.05) is 0 Å². The number of isocyanates is 4. The van der Waals surface area contributed by atoms with Crippen LogP contribution in [0.4, 0.5) is 0 Å². The van der Waals surface area contributed by atoms with Crippen LogP contribution >= 0.6 is 0 Å². The fourth-order valence-corrected chi connectivity index (χ4v) is 1.95. The van der Waals surface area contributed by atoms with Gasteiger partial charge in [-0.2, -0.15) is 0 Å². The van der Waals surface area contributed by atoms with E-state index in [4.69, 9.17) is 40.8 Å². The summed E-state index contributed by atoms with van der Waals surface area (Å²) in [5.74, 6) is 2.97. The van der Waals surface area contributed by atoms with Gasteiger partial charge in [-0.3, -0.25) is 0 Å². The lowest BCUT2D eigenvalue weighted by molar-refractivity contribution is 0.234. The summed E-state index contributed by atoms with van der Waals surface area (Å²) in [6.45, 7) is 7.11. The molecule has 1 aliphatic rings. The Balaban J connectivity index is -0.000000113. The molecule has 1 fully saturated rings. The number of carbonyl (C=O) groups excluding carboxylic acids is 4. The van der Waals surface area contributed by atoms with Gasteiger partial charge in [0.05, 0.1) is 0 Å². The molecule has 8 heteroatoms. The average Bonchev–Trinajstić information content (AvgIpc) is 2.42. The van der Waals surface area contributed by atoms with Gasteiger partial charge in [0.25, 0.3) is 0 Å². The van der Waals surface area contributed by atoms with Gasteiger partial charge >= 0.3 is 0 Å². The van der Waals surface area contributed by atoms with Crippen LogP contribution < -0.4 is 0 Å². The predicted molar refractivity (Wildman–Crippen MR) is 79.6 cm³/mol. The van der Waals surface area contributed by atoms with Crippen LogP contribution in [-0.4, -0.2) is 24.3 Å². The first-order valence-corrected chi connectivity index (χ1v) is 6.51. The largest absolute Gasteiger partial charge is 0.231 e. The third-order valence-corrected chi connectivity index (χ3v) is 3.00. The zero-order chi connectivity index (χ0) is 18.4. The summed E-state index contributed by atoms with van der Waals surface area (Å²) in [5.41, 5.74) is 0. The van der Waals surface area contributed by atoms with Crippen LogP contribution in [0, 0.1) is 39.4 Å². The summed E-state index contributed by atoms with van der Waals surface area (Å²) in [7, 11) is 0. The summed E-state index contributed by atoms with van der Waals surface area (Å²) in [5, 5.41) is 21.6. The molecule has 0 aromatic heterocycles.